The minimum Gasteiger partial charge on any atom is -0.346 e. The molecular weight excluding hydrogens is 136 g/mol. The van der Waals surface area contributed by atoms with Crippen molar-refractivity contribution in [1.29, 1.82) is 0 Å². The number of allylic oxidation sites excluding steroid dienone is 3. The molecule has 11 heavy (non-hydrogen) atoms. The van der Waals surface area contributed by atoms with E-state index in [1.165, 1.54) is 0 Å². The molecule has 2 nitrogen and oxygen atoms in total. The lowest BCUT2D eigenvalue weighted by Crippen LogP contribution is -2.15. The zero-order chi connectivity index (χ0) is 8.27. The molecule has 0 aromatic rings. The quantitative estimate of drug-likeness (QED) is 0.604. The fourth-order valence-electron chi connectivity index (χ4n) is 0.961. The standard InChI is InChI=1S/C9H12N2/c1-4-5-9-7(2)10-6-11-8(9)3/h4-6H,2H2,1,3H3,(H,10,11)/b5-4-. The Balaban J connectivity index is 3.01. The van der Waals surface area contributed by atoms with Crippen molar-refractivity contribution in [1.82, 2.24) is 5.32 Å². The second-order valence-corrected chi connectivity index (χ2v) is 2.38. The van der Waals surface area contributed by atoms with Crippen molar-refractivity contribution in [2.24, 2.45) is 4.99 Å². The molecule has 0 aromatic heterocycles. The highest BCUT2D eigenvalue weighted by molar-refractivity contribution is 5.66. The Labute approximate surface area is 67.0 Å². The number of nitrogens with zero attached hydrogens (tertiary/aromatic N) is 1. The lowest BCUT2D eigenvalue weighted by molar-refractivity contribution is 1.08. The zero-order valence-electron chi connectivity index (χ0n) is 6.89. The molecule has 58 valence electrons. The van der Waals surface area contributed by atoms with Crippen molar-refractivity contribution in [3.63, 3.8) is 0 Å². The predicted molar refractivity (Wildman–Crippen MR) is 48.3 cm³/mol. The second-order valence-electron chi connectivity index (χ2n) is 2.38. The van der Waals surface area contributed by atoms with E-state index >= 15 is 0 Å². The first-order valence-electron chi connectivity index (χ1n) is 3.57. The molecule has 0 aliphatic carbocycles. The summed E-state index contributed by atoms with van der Waals surface area (Å²) in [6.45, 7) is 7.80. The lowest BCUT2D eigenvalue weighted by Gasteiger charge is -2.12. The summed E-state index contributed by atoms with van der Waals surface area (Å²) < 4.78 is 0. The van der Waals surface area contributed by atoms with Gasteiger partial charge in [0.05, 0.1) is 6.34 Å². The number of aliphatic imine (C=N–C) groups is 1. The van der Waals surface area contributed by atoms with Crippen molar-refractivity contribution in [2.75, 3.05) is 0 Å². The molecule has 0 saturated carbocycles. The van der Waals surface area contributed by atoms with Crippen LogP contribution in [0.4, 0.5) is 0 Å². The summed E-state index contributed by atoms with van der Waals surface area (Å²) in [6, 6.07) is 0. The van der Waals surface area contributed by atoms with Gasteiger partial charge in [0, 0.05) is 17.0 Å². The summed E-state index contributed by atoms with van der Waals surface area (Å²) >= 11 is 0. The van der Waals surface area contributed by atoms with Crippen LogP contribution in [0.25, 0.3) is 0 Å². The maximum absolute atomic E-state index is 4.11. The van der Waals surface area contributed by atoms with Gasteiger partial charge >= 0.3 is 0 Å². The Morgan fingerprint density at radius 1 is 1.64 bits per heavy atom. The Hall–Kier alpha value is -1.31. The maximum Gasteiger partial charge on any atom is 0.0926 e. The van der Waals surface area contributed by atoms with Gasteiger partial charge in [0.2, 0.25) is 0 Å². The molecular formula is C9H12N2. The highest BCUT2D eigenvalue weighted by Crippen LogP contribution is 2.15. The fourth-order valence-corrected chi connectivity index (χ4v) is 0.961. The van der Waals surface area contributed by atoms with Gasteiger partial charge in [-0.2, -0.15) is 0 Å². The van der Waals surface area contributed by atoms with E-state index in [2.05, 4.69) is 16.9 Å². The first-order valence-corrected chi connectivity index (χ1v) is 3.57. The summed E-state index contributed by atoms with van der Waals surface area (Å²) in [4.78, 5) is 4.11. The third kappa shape index (κ3) is 1.58. The number of hydrogen-bond acceptors (Lipinski definition) is 2. The highest BCUT2D eigenvalue weighted by atomic mass is 15.0. The van der Waals surface area contributed by atoms with Crippen LogP contribution in [0.15, 0.2) is 40.7 Å². The van der Waals surface area contributed by atoms with Gasteiger partial charge < -0.3 is 5.32 Å². The van der Waals surface area contributed by atoms with Crippen LogP contribution in [-0.4, -0.2) is 6.34 Å². The third-order valence-electron chi connectivity index (χ3n) is 1.55. The Bertz CT molecular complexity index is 257. The average molecular weight is 148 g/mol. The van der Waals surface area contributed by atoms with Crippen LogP contribution in [-0.2, 0) is 0 Å². The van der Waals surface area contributed by atoms with Crippen LogP contribution in [0.3, 0.4) is 0 Å². The molecule has 1 aliphatic rings. The largest absolute Gasteiger partial charge is 0.346 e. The minimum atomic E-state index is 0.913. The second kappa shape index (κ2) is 3.19. The molecule has 1 aliphatic heterocycles. The Morgan fingerprint density at radius 3 is 2.91 bits per heavy atom. The van der Waals surface area contributed by atoms with Gasteiger partial charge in [0.1, 0.15) is 0 Å². The summed E-state index contributed by atoms with van der Waals surface area (Å²) in [7, 11) is 0. The van der Waals surface area contributed by atoms with Crippen LogP contribution in [0.1, 0.15) is 13.8 Å². The molecule has 0 fully saturated rings. The van der Waals surface area contributed by atoms with Gasteiger partial charge in [-0.15, -0.1) is 0 Å². The summed E-state index contributed by atoms with van der Waals surface area (Å²) in [5.41, 5.74) is 3.00. The average Bonchev–Trinajstić information content (AvgIpc) is 1.97. The summed E-state index contributed by atoms with van der Waals surface area (Å²) in [6.07, 6.45) is 5.64. The summed E-state index contributed by atoms with van der Waals surface area (Å²) in [5, 5.41) is 2.95. The first kappa shape index (κ1) is 7.79. The molecule has 0 unspecified atom stereocenters. The van der Waals surface area contributed by atoms with Crippen LogP contribution in [0.5, 0.6) is 0 Å². The van der Waals surface area contributed by atoms with Crippen molar-refractivity contribution < 1.29 is 0 Å². The van der Waals surface area contributed by atoms with E-state index in [-0.39, 0.29) is 0 Å². The zero-order valence-corrected chi connectivity index (χ0v) is 6.89. The van der Waals surface area contributed by atoms with Gasteiger partial charge in [0.15, 0.2) is 0 Å². The van der Waals surface area contributed by atoms with Crippen molar-refractivity contribution >= 4 is 6.34 Å². The Morgan fingerprint density at radius 2 is 2.36 bits per heavy atom. The topological polar surface area (TPSA) is 24.4 Å². The fraction of sp³-hybridized carbons (Fsp3) is 0.222. The van der Waals surface area contributed by atoms with Gasteiger partial charge in [-0.25, -0.2) is 4.99 Å². The molecule has 0 radical (unpaired) electrons. The van der Waals surface area contributed by atoms with Crippen LogP contribution in [0.2, 0.25) is 0 Å². The lowest BCUT2D eigenvalue weighted by atomic mass is 10.1. The van der Waals surface area contributed by atoms with Crippen molar-refractivity contribution in [3.8, 4) is 0 Å². The Kier molecular flexibility index (Phi) is 2.26. The van der Waals surface area contributed by atoms with E-state index in [0.29, 0.717) is 0 Å². The van der Waals surface area contributed by atoms with E-state index in [0.717, 1.165) is 17.0 Å². The van der Waals surface area contributed by atoms with Crippen LogP contribution >= 0.6 is 0 Å². The summed E-state index contributed by atoms with van der Waals surface area (Å²) in [5.74, 6) is 0. The predicted octanol–water partition coefficient (Wildman–Crippen LogP) is 1.98. The monoisotopic (exact) mass is 148 g/mol. The van der Waals surface area contributed by atoms with E-state index in [9.17, 15) is 0 Å². The molecule has 2 heteroatoms. The SMILES string of the molecule is C=C1NC=NC(C)=C1/C=C\C. The van der Waals surface area contributed by atoms with Gasteiger partial charge in [-0.1, -0.05) is 18.7 Å². The molecule has 0 bridgehead atoms. The smallest absolute Gasteiger partial charge is 0.0926 e. The van der Waals surface area contributed by atoms with Gasteiger partial charge in [0.25, 0.3) is 0 Å². The normalized spacial score (nSPS) is 17.8. The van der Waals surface area contributed by atoms with Gasteiger partial charge in [-0.3, -0.25) is 0 Å². The number of hydrogen-bond donors (Lipinski definition) is 1. The molecule has 0 amide bonds. The molecule has 0 spiro atoms. The van der Waals surface area contributed by atoms with E-state index in [1.54, 1.807) is 6.34 Å². The molecule has 0 atom stereocenters. The van der Waals surface area contributed by atoms with Crippen LogP contribution < -0.4 is 5.32 Å². The molecule has 0 saturated heterocycles. The number of rotatable bonds is 1. The van der Waals surface area contributed by atoms with E-state index in [4.69, 9.17) is 0 Å². The highest BCUT2D eigenvalue weighted by Gasteiger charge is 2.04. The van der Waals surface area contributed by atoms with Gasteiger partial charge in [-0.05, 0) is 13.8 Å². The molecule has 0 aromatic carbocycles. The van der Waals surface area contributed by atoms with E-state index < -0.39 is 0 Å². The maximum atomic E-state index is 4.11. The number of nitrogens with one attached hydrogen (secondary N) is 1. The van der Waals surface area contributed by atoms with Crippen LogP contribution in [0, 0.1) is 0 Å². The molecule has 1 rings (SSSR count). The minimum absolute atomic E-state index is 0.913. The van der Waals surface area contributed by atoms with E-state index in [1.807, 2.05) is 26.0 Å². The molecule has 1 heterocycles. The first-order chi connectivity index (χ1) is 5.25. The van der Waals surface area contributed by atoms with Crippen molar-refractivity contribution in [2.45, 2.75) is 13.8 Å². The van der Waals surface area contributed by atoms with Crippen molar-refractivity contribution in [3.05, 3.63) is 35.7 Å². The third-order valence-corrected chi connectivity index (χ3v) is 1.55. The molecule has 1 N–H and O–H groups in total.